The van der Waals surface area contributed by atoms with Crippen molar-refractivity contribution in [2.24, 2.45) is 5.10 Å². The summed E-state index contributed by atoms with van der Waals surface area (Å²) in [5.74, 6) is 0.142. The maximum Gasteiger partial charge on any atom is 0.250 e. The van der Waals surface area contributed by atoms with Crippen molar-refractivity contribution in [1.82, 2.24) is 20.2 Å². The van der Waals surface area contributed by atoms with Gasteiger partial charge in [0.25, 0.3) is 5.91 Å². The summed E-state index contributed by atoms with van der Waals surface area (Å²) in [6.45, 7) is 2.68. The second kappa shape index (κ2) is 9.61. The van der Waals surface area contributed by atoms with Gasteiger partial charge in [0.15, 0.2) is 11.0 Å². The fourth-order valence-electron chi connectivity index (χ4n) is 2.43. The van der Waals surface area contributed by atoms with Gasteiger partial charge in [-0.15, -0.1) is 10.2 Å². The van der Waals surface area contributed by atoms with Crippen LogP contribution in [0.4, 0.5) is 4.39 Å². The zero-order valence-corrected chi connectivity index (χ0v) is 17.4. The molecular formula is C19H17BrFN5OS. The third-order valence-electron chi connectivity index (χ3n) is 3.75. The summed E-state index contributed by atoms with van der Waals surface area (Å²) in [5.41, 5.74) is 3.64. The van der Waals surface area contributed by atoms with E-state index < -0.39 is 5.82 Å². The smallest absolute Gasteiger partial charge is 0.250 e. The van der Waals surface area contributed by atoms with E-state index in [9.17, 15) is 9.18 Å². The van der Waals surface area contributed by atoms with Crippen LogP contribution in [0.5, 0.6) is 0 Å². The number of carbonyl (C=O) groups excluding carboxylic acids is 1. The molecule has 28 heavy (non-hydrogen) atoms. The van der Waals surface area contributed by atoms with E-state index in [1.807, 2.05) is 41.8 Å². The molecule has 2 aromatic carbocycles. The predicted octanol–water partition coefficient (Wildman–Crippen LogP) is 4.11. The molecule has 0 atom stereocenters. The van der Waals surface area contributed by atoms with Gasteiger partial charge in [0.2, 0.25) is 0 Å². The topological polar surface area (TPSA) is 72.2 Å². The number of nitrogens with one attached hydrogen (secondary N) is 1. The van der Waals surface area contributed by atoms with Crippen LogP contribution in [0, 0.1) is 5.82 Å². The van der Waals surface area contributed by atoms with E-state index in [-0.39, 0.29) is 17.2 Å². The second-order valence-electron chi connectivity index (χ2n) is 5.66. The van der Waals surface area contributed by atoms with Crippen molar-refractivity contribution < 1.29 is 9.18 Å². The Labute approximate surface area is 174 Å². The number of halogens is 2. The van der Waals surface area contributed by atoms with E-state index in [1.54, 1.807) is 12.1 Å². The molecular weight excluding hydrogens is 445 g/mol. The van der Waals surface area contributed by atoms with Crippen molar-refractivity contribution in [2.45, 2.75) is 18.6 Å². The molecule has 0 saturated heterocycles. The lowest BCUT2D eigenvalue weighted by atomic mass is 10.2. The second-order valence-corrected chi connectivity index (χ2v) is 7.52. The minimum absolute atomic E-state index is 0.116. The van der Waals surface area contributed by atoms with E-state index >= 15 is 0 Å². The molecule has 0 aliphatic rings. The average molecular weight is 462 g/mol. The number of hydrazone groups is 1. The number of thioether (sulfide) groups is 1. The molecule has 0 bridgehead atoms. The fourth-order valence-corrected chi connectivity index (χ4v) is 3.60. The third-order valence-corrected chi connectivity index (χ3v) is 5.21. The van der Waals surface area contributed by atoms with E-state index in [0.717, 1.165) is 15.9 Å². The van der Waals surface area contributed by atoms with Gasteiger partial charge in [-0.1, -0.05) is 58.0 Å². The molecule has 3 rings (SSSR count). The number of rotatable bonds is 7. The maximum absolute atomic E-state index is 13.6. The van der Waals surface area contributed by atoms with Gasteiger partial charge in [-0.25, -0.2) is 9.82 Å². The fraction of sp³-hybridized carbons (Fsp3) is 0.158. The standard InChI is InChI=1S/C19H17BrFN5OS/c1-2-26-18(13-6-4-3-5-7-13)24-25-19(26)28-12-17(27)23-22-11-14-10-15(20)8-9-16(14)21/h3-11H,2,12H2,1H3,(H,23,27). The number of benzene rings is 2. The van der Waals surface area contributed by atoms with E-state index in [1.165, 1.54) is 24.0 Å². The molecule has 0 fully saturated rings. The summed E-state index contributed by atoms with van der Waals surface area (Å²) in [6.07, 6.45) is 1.27. The molecule has 0 unspecified atom stereocenters. The third kappa shape index (κ3) is 5.05. The van der Waals surface area contributed by atoms with Crippen LogP contribution in [0.15, 0.2) is 63.3 Å². The van der Waals surface area contributed by atoms with Crippen molar-refractivity contribution in [3.63, 3.8) is 0 Å². The molecule has 144 valence electrons. The SMILES string of the molecule is CCn1c(SCC(=O)NN=Cc2cc(Br)ccc2F)nnc1-c1ccccc1. The zero-order valence-electron chi connectivity index (χ0n) is 15.0. The van der Waals surface area contributed by atoms with Crippen LogP contribution in [-0.2, 0) is 11.3 Å². The molecule has 6 nitrogen and oxygen atoms in total. The lowest BCUT2D eigenvalue weighted by molar-refractivity contribution is -0.118. The van der Waals surface area contributed by atoms with E-state index in [4.69, 9.17) is 0 Å². The van der Waals surface area contributed by atoms with Crippen LogP contribution in [0.3, 0.4) is 0 Å². The monoisotopic (exact) mass is 461 g/mol. The van der Waals surface area contributed by atoms with Gasteiger partial charge < -0.3 is 4.57 Å². The Morgan fingerprint density at radius 2 is 2.07 bits per heavy atom. The number of amides is 1. The van der Waals surface area contributed by atoms with Crippen LogP contribution >= 0.6 is 27.7 Å². The number of hydrogen-bond donors (Lipinski definition) is 1. The van der Waals surface area contributed by atoms with E-state index in [2.05, 4.69) is 36.7 Å². The van der Waals surface area contributed by atoms with Gasteiger partial charge in [0, 0.05) is 22.1 Å². The van der Waals surface area contributed by atoms with Gasteiger partial charge >= 0.3 is 0 Å². The predicted molar refractivity (Wildman–Crippen MR) is 112 cm³/mol. The first kappa shape index (κ1) is 20.2. The molecule has 0 radical (unpaired) electrons. The van der Waals surface area contributed by atoms with Crippen LogP contribution < -0.4 is 5.43 Å². The normalized spacial score (nSPS) is 11.1. The van der Waals surface area contributed by atoms with Crippen LogP contribution in [-0.4, -0.2) is 32.6 Å². The Hall–Kier alpha value is -2.52. The summed E-state index contributed by atoms with van der Waals surface area (Å²) in [5, 5.41) is 12.9. The lowest BCUT2D eigenvalue weighted by Crippen LogP contribution is -2.20. The summed E-state index contributed by atoms with van der Waals surface area (Å²) >= 11 is 4.53. The molecule has 1 aromatic heterocycles. The first-order chi connectivity index (χ1) is 13.6. The average Bonchev–Trinajstić information content (AvgIpc) is 3.12. The van der Waals surface area contributed by atoms with Gasteiger partial charge in [-0.05, 0) is 25.1 Å². The first-order valence-electron chi connectivity index (χ1n) is 8.47. The molecule has 1 heterocycles. The van der Waals surface area contributed by atoms with Crippen molar-refractivity contribution >= 4 is 39.8 Å². The van der Waals surface area contributed by atoms with Gasteiger partial charge in [-0.2, -0.15) is 5.10 Å². The molecule has 0 aliphatic carbocycles. The first-order valence-corrected chi connectivity index (χ1v) is 10.2. The quantitative estimate of drug-likeness (QED) is 0.326. The van der Waals surface area contributed by atoms with Gasteiger partial charge in [0.05, 0.1) is 12.0 Å². The number of aromatic nitrogens is 3. The van der Waals surface area contributed by atoms with Gasteiger partial charge in [-0.3, -0.25) is 4.79 Å². The van der Waals surface area contributed by atoms with Crippen LogP contribution in [0.1, 0.15) is 12.5 Å². The molecule has 1 N–H and O–H groups in total. The Morgan fingerprint density at radius 1 is 1.29 bits per heavy atom. The van der Waals surface area contributed by atoms with Gasteiger partial charge in [0.1, 0.15) is 5.82 Å². The van der Waals surface area contributed by atoms with Crippen molar-refractivity contribution in [1.29, 1.82) is 0 Å². The minimum Gasteiger partial charge on any atom is -0.302 e. The minimum atomic E-state index is -0.417. The van der Waals surface area contributed by atoms with Crippen molar-refractivity contribution in [2.75, 3.05) is 5.75 Å². The summed E-state index contributed by atoms with van der Waals surface area (Å²) < 4.78 is 16.3. The molecule has 0 aliphatic heterocycles. The molecule has 9 heteroatoms. The van der Waals surface area contributed by atoms with E-state index in [0.29, 0.717) is 11.7 Å². The molecule has 3 aromatic rings. The molecule has 0 saturated carbocycles. The molecule has 1 amide bonds. The highest BCUT2D eigenvalue weighted by Crippen LogP contribution is 2.23. The number of hydrogen-bond acceptors (Lipinski definition) is 5. The zero-order chi connectivity index (χ0) is 19.9. The summed E-state index contributed by atoms with van der Waals surface area (Å²) in [7, 11) is 0. The Morgan fingerprint density at radius 3 is 2.82 bits per heavy atom. The Balaban J connectivity index is 1.60. The highest BCUT2D eigenvalue weighted by Gasteiger charge is 2.14. The molecule has 0 spiro atoms. The summed E-state index contributed by atoms with van der Waals surface area (Å²) in [4.78, 5) is 12.0. The summed E-state index contributed by atoms with van der Waals surface area (Å²) in [6, 6.07) is 14.2. The van der Waals surface area contributed by atoms with Crippen molar-refractivity contribution in [3.8, 4) is 11.4 Å². The van der Waals surface area contributed by atoms with Crippen LogP contribution in [0.2, 0.25) is 0 Å². The highest BCUT2D eigenvalue weighted by molar-refractivity contribution is 9.10. The van der Waals surface area contributed by atoms with Crippen molar-refractivity contribution in [3.05, 3.63) is 64.4 Å². The largest absolute Gasteiger partial charge is 0.302 e. The Bertz CT molecular complexity index is 993. The lowest BCUT2D eigenvalue weighted by Gasteiger charge is -2.06. The number of carbonyl (C=O) groups is 1. The maximum atomic E-state index is 13.6. The van der Waals surface area contributed by atoms with Crippen LogP contribution in [0.25, 0.3) is 11.4 Å². The number of nitrogens with zero attached hydrogens (tertiary/aromatic N) is 4. The highest BCUT2D eigenvalue weighted by atomic mass is 79.9. The Kier molecular flexibility index (Phi) is 6.94.